The fourth-order valence-electron chi connectivity index (χ4n) is 8.25. The molecular weight excluding hydrogens is 632 g/mol. The van der Waals surface area contributed by atoms with E-state index in [2.05, 4.69) is 21.1 Å². The lowest BCUT2D eigenvalue weighted by molar-refractivity contribution is -0.142. The number of phenols is 1. The number of pyridine rings is 1. The first-order valence-corrected chi connectivity index (χ1v) is 16.9. The largest absolute Gasteiger partial charge is 0.508 e. The molecule has 4 saturated heterocycles. The highest BCUT2D eigenvalue weighted by Gasteiger charge is 2.44. The average molecular weight is 665 g/mol. The maximum atomic E-state index is 15.0. The zero-order valence-electron chi connectivity index (χ0n) is 25.4. The second-order valence-electron chi connectivity index (χ2n) is 13.1. The van der Waals surface area contributed by atoms with Crippen LogP contribution in [0.1, 0.15) is 49.8 Å². The molecule has 4 aromatic rings. The number of anilines is 1. The zero-order valence-corrected chi connectivity index (χ0v) is 26.2. The highest BCUT2D eigenvalue weighted by molar-refractivity contribution is 7.99. The minimum absolute atomic E-state index is 0.00133. The van der Waals surface area contributed by atoms with Crippen LogP contribution in [0.25, 0.3) is 27.4 Å². The monoisotopic (exact) mass is 664 g/mol. The van der Waals surface area contributed by atoms with Crippen molar-refractivity contribution in [1.82, 2.24) is 24.8 Å². The summed E-state index contributed by atoms with van der Waals surface area (Å²) in [6.07, 6.45) is 6.83. The summed E-state index contributed by atoms with van der Waals surface area (Å²) in [6.45, 7) is 3.15. The van der Waals surface area contributed by atoms with Gasteiger partial charge >= 0.3 is 6.18 Å². The van der Waals surface area contributed by atoms with Gasteiger partial charge in [0.15, 0.2) is 5.16 Å². The Morgan fingerprint density at radius 3 is 2.49 bits per heavy atom. The topological polar surface area (TPSA) is 86.5 Å². The van der Waals surface area contributed by atoms with Crippen LogP contribution in [0.15, 0.2) is 40.3 Å². The number of aromatic nitrogens is 3. The standard InChI is InChI=1S/C34H32F4N6O2S/c1-2-23-25(35)8-5-19-13-22(45)14-26(28(19)23)44-27(34(36,37)38)15-24-29(31(44)46)40-32(47-18-33-9-3-11-43(33)12-4-10-33)41-30(24)42-16-20-6-7-21(17-42)39-20/h1,5,8,13-15,20-21,39,45H,3-4,6-7,9-12,16-18H2/t20-,21+. The number of aromatic hydroxyl groups is 1. The Bertz CT molecular complexity index is 2020. The summed E-state index contributed by atoms with van der Waals surface area (Å²) < 4.78 is 60.4. The average Bonchev–Trinajstić information content (AvgIpc) is 3.72. The van der Waals surface area contributed by atoms with E-state index in [0.29, 0.717) is 34.4 Å². The van der Waals surface area contributed by atoms with Crippen molar-refractivity contribution in [2.24, 2.45) is 0 Å². The van der Waals surface area contributed by atoms with Crippen molar-refractivity contribution in [1.29, 1.82) is 0 Å². The molecule has 0 radical (unpaired) electrons. The molecule has 6 heterocycles. The summed E-state index contributed by atoms with van der Waals surface area (Å²) in [7, 11) is 0. The molecule has 0 unspecified atom stereocenters. The van der Waals surface area contributed by atoms with Crippen molar-refractivity contribution in [2.45, 2.75) is 67.5 Å². The molecular formula is C34H32F4N6O2S. The fourth-order valence-corrected chi connectivity index (χ4v) is 9.43. The zero-order chi connectivity index (χ0) is 32.7. The Balaban J connectivity index is 1.37. The summed E-state index contributed by atoms with van der Waals surface area (Å²) in [5, 5.41) is 14.5. The molecule has 2 N–H and O–H groups in total. The van der Waals surface area contributed by atoms with E-state index < -0.39 is 29.0 Å². The number of piperazine rings is 1. The van der Waals surface area contributed by atoms with Gasteiger partial charge in [-0.2, -0.15) is 13.2 Å². The van der Waals surface area contributed by atoms with Gasteiger partial charge in [-0.15, -0.1) is 6.42 Å². The molecule has 2 atom stereocenters. The van der Waals surface area contributed by atoms with Crippen LogP contribution < -0.4 is 15.8 Å². The number of hydrogen-bond acceptors (Lipinski definition) is 8. The summed E-state index contributed by atoms with van der Waals surface area (Å²) in [5.41, 5.74) is -3.21. The van der Waals surface area contributed by atoms with Gasteiger partial charge in [-0.25, -0.2) is 14.4 Å². The fraction of sp³-hybridized carbons (Fsp3) is 0.441. The van der Waals surface area contributed by atoms with Gasteiger partial charge in [-0.1, -0.05) is 23.7 Å². The molecule has 4 fully saturated rings. The number of fused-ring (bicyclic) bond motifs is 5. The van der Waals surface area contributed by atoms with Crippen LogP contribution in [-0.2, 0) is 6.18 Å². The number of thioether (sulfide) groups is 1. The molecule has 4 aliphatic heterocycles. The van der Waals surface area contributed by atoms with E-state index in [1.165, 1.54) is 23.9 Å². The van der Waals surface area contributed by atoms with Gasteiger partial charge in [0.25, 0.3) is 5.56 Å². The van der Waals surface area contributed by atoms with Gasteiger partial charge in [-0.05, 0) is 75.2 Å². The number of terminal acetylenes is 1. The van der Waals surface area contributed by atoms with E-state index in [-0.39, 0.29) is 50.5 Å². The van der Waals surface area contributed by atoms with E-state index >= 15 is 0 Å². The molecule has 4 aliphatic rings. The van der Waals surface area contributed by atoms with Gasteiger partial charge < -0.3 is 15.3 Å². The summed E-state index contributed by atoms with van der Waals surface area (Å²) in [6, 6.07) is 5.88. The lowest BCUT2D eigenvalue weighted by Crippen LogP contribution is -2.51. The van der Waals surface area contributed by atoms with Gasteiger partial charge in [-0.3, -0.25) is 14.3 Å². The van der Waals surface area contributed by atoms with Crippen molar-refractivity contribution < 1.29 is 22.7 Å². The highest BCUT2D eigenvalue weighted by Crippen LogP contribution is 2.43. The molecule has 8 nitrogen and oxygen atoms in total. The van der Waals surface area contributed by atoms with E-state index in [4.69, 9.17) is 11.4 Å². The molecule has 2 aromatic heterocycles. The van der Waals surface area contributed by atoms with E-state index in [1.807, 2.05) is 4.90 Å². The van der Waals surface area contributed by atoms with Crippen LogP contribution in [0, 0.1) is 18.2 Å². The van der Waals surface area contributed by atoms with Crippen LogP contribution in [0.3, 0.4) is 0 Å². The number of phenolic OH excluding ortho intramolecular Hbond substituents is 1. The van der Waals surface area contributed by atoms with Crippen LogP contribution in [0.2, 0.25) is 0 Å². The van der Waals surface area contributed by atoms with Crippen molar-refractivity contribution in [3.63, 3.8) is 0 Å². The molecule has 2 aromatic carbocycles. The number of benzene rings is 2. The number of halogens is 4. The summed E-state index contributed by atoms with van der Waals surface area (Å²) in [5.74, 6) is 1.99. The number of alkyl halides is 3. The Hall–Kier alpha value is -3.86. The van der Waals surface area contributed by atoms with E-state index in [0.717, 1.165) is 69.8 Å². The van der Waals surface area contributed by atoms with Gasteiger partial charge in [0.05, 0.1) is 16.6 Å². The number of hydrogen-bond donors (Lipinski definition) is 2. The predicted molar refractivity (Wildman–Crippen MR) is 173 cm³/mol. The molecule has 0 spiro atoms. The first-order chi connectivity index (χ1) is 22.5. The smallest absolute Gasteiger partial charge is 0.431 e. The van der Waals surface area contributed by atoms with Crippen LogP contribution in [0.5, 0.6) is 5.75 Å². The van der Waals surface area contributed by atoms with Crippen LogP contribution >= 0.6 is 11.8 Å². The van der Waals surface area contributed by atoms with Crippen molar-refractivity contribution in [2.75, 3.05) is 36.8 Å². The Morgan fingerprint density at radius 1 is 1.09 bits per heavy atom. The second kappa shape index (κ2) is 11.1. The molecule has 0 aliphatic carbocycles. The SMILES string of the molecule is C#Cc1c(F)ccc2cc(O)cc(-n3c(C(F)(F)F)cc4c(N5C[C@H]6CC[C@@H](C5)N6)nc(SCC56CCCN5CCC6)nc4c3=O)c12. The molecule has 0 saturated carbocycles. The van der Waals surface area contributed by atoms with Gasteiger partial charge in [0, 0.05) is 47.9 Å². The number of nitrogens with zero attached hydrogens (tertiary/aromatic N) is 5. The maximum Gasteiger partial charge on any atom is 0.431 e. The van der Waals surface area contributed by atoms with E-state index in [1.54, 1.807) is 0 Å². The Labute approximate surface area is 272 Å². The molecule has 244 valence electrons. The molecule has 47 heavy (non-hydrogen) atoms. The van der Waals surface area contributed by atoms with Gasteiger partial charge in [0.2, 0.25) is 0 Å². The normalized spacial score (nSPS) is 22.3. The van der Waals surface area contributed by atoms with Crippen LogP contribution in [-0.4, -0.2) is 74.1 Å². The summed E-state index contributed by atoms with van der Waals surface area (Å²) in [4.78, 5) is 28.5. The number of nitrogens with one attached hydrogen (secondary N) is 1. The minimum atomic E-state index is -5.02. The quantitative estimate of drug-likeness (QED) is 0.126. The van der Waals surface area contributed by atoms with Crippen molar-refractivity contribution in [3.05, 3.63) is 57.8 Å². The Kier molecular flexibility index (Phi) is 7.20. The lowest BCUT2D eigenvalue weighted by Gasteiger charge is -2.35. The molecule has 2 bridgehead atoms. The third-order valence-electron chi connectivity index (χ3n) is 10.3. The third kappa shape index (κ3) is 5.03. The molecule has 13 heteroatoms. The first kappa shape index (κ1) is 30.5. The minimum Gasteiger partial charge on any atom is -0.508 e. The van der Waals surface area contributed by atoms with E-state index in [9.17, 15) is 27.5 Å². The molecule has 0 amide bonds. The first-order valence-electron chi connectivity index (χ1n) is 15.9. The lowest BCUT2D eigenvalue weighted by atomic mass is 9.97. The van der Waals surface area contributed by atoms with Crippen molar-refractivity contribution >= 4 is 39.3 Å². The molecule has 8 rings (SSSR count). The van der Waals surface area contributed by atoms with Crippen molar-refractivity contribution in [3.8, 4) is 23.8 Å². The maximum absolute atomic E-state index is 15.0. The van der Waals surface area contributed by atoms with Gasteiger partial charge in [0.1, 0.15) is 28.6 Å². The number of rotatable bonds is 5. The predicted octanol–water partition coefficient (Wildman–Crippen LogP) is 5.44. The third-order valence-corrected chi connectivity index (χ3v) is 11.5. The second-order valence-corrected chi connectivity index (χ2v) is 14.1. The summed E-state index contributed by atoms with van der Waals surface area (Å²) >= 11 is 1.44. The highest BCUT2D eigenvalue weighted by atomic mass is 32.2. The Morgan fingerprint density at radius 2 is 1.81 bits per heavy atom. The van der Waals surface area contributed by atoms with Crippen LogP contribution in [0.4, 0.5) is 23.4 Å².